The summed E-state index contributed by atoms with van der Waals surface area (Å²) in [5.74, 6) is 0. The van der Waals surface area contributed by atoms with Crippen LogP contribution >= 0.6 is 0 Å². The third-order valence-corrected chi connectivity index (χ3v) is 7.05. The number of anilines is 1. The summed E-state index contributed by atoms with van der Waals surface area (Å²) >= 11 is 0. The minimum Gasteiger partial charge on any atom is -0.376 e. The summed E-state index contributed by atoms with van der Waals surface area (Å²) in [7, 11) is -2.46. The molecule has 0 aliphatic carbocycles. The van der Waals surface area contributed by atoms with Crippen LogP contribution in [0.4, 0.5) is 5.69 Å². The van der Waals surface area contributed by atoms with Gasteiger partial charge in [-0.05, 0) is 16.8 Å². The molecule has 3 heteroatoms. The normalized spacial score (nSPS) is 12.7. The number of rotatable bonds is 5. The van der Waals surface area contributed by atoms with E-state index >= 15 is 0 Å². The largest absolute Gasteiger partial charge is 0.376 e. The second kappa shape index (κ2) is 6.62. The summed E-state index contributed by atoms with van der Waals surface area (Å²) in [6.45, 7) is 14.9. The maximum Gasteiger partial charge on any atom is 0.0665 e. The number of hydrogen-bond acceptors (Lipinski definition) is 1. The van der Waals surface area contributed by atoms with E-state index in [-0.39, 0.29) is 0 Å². The van der Waals surface area contributed by atoms with Gasteiger partial charge in [0.05, 0.1) is 21.8 Å². The van der Waals surface area contributed by atoms with Crippen LogP contribution in [-0.2, 0) is 0 Å². The molecular formula is C22H31NSi2. The van der Waals surface area contributed by atoms with Crippen molar-refractivity contribution in [3.63, 3.8) is 0 Å². The molecule has 0 N–H and O–H groups in total. The zero-order valence-electron chi connectivity index (χ0n) is 16.6. The molecule has 25 heavy (non-hydrogen) atoms. The van der Waals surface area contributed by atoms with Gasteiger partial charge >= 0.3 is 0 Å². The molecule has 0 atom stereocenters. The SMILES string of the molecule is C[Si](C)(C)CN(C[Si](C)(C)C)c1c2ccccc2cc2ccccc12. The highest BCUT2D eigenvalue weighted by Gasteiger charge is 2.26. The van der Waals surface area contributed by atoms with Gasteiger partial charge in [0.25, 0.3) is 0 Å². The molecule has 3 rings (SSSR count). The van der Waals surface area contributed by atoms with E-state index in [0.29, 0.717) is 0 Å². The van der Waals surface area contributed by atoms with Crippen molar-refractivity contribution in [2.75, 3.05) is 17.2 Å². The average molecular weight is 366 g/mol. The van der Waals surface area contributed by atoms with Crippen molar-refractivity contribution in [2.24, 2.45) is 0 Å². The molecular weight excluding hydrogens is 334 g/mol. The zero-order valence-corrected chi connectivity index (χ0v) is 18.6. The lowest BCUT2D eigenvalue weighted by atomic mass is 10.0. The van der Waals surface area contributed by atoms with E-state index in [1.807, 2.05) is 0 Å². The van der Waals surface area contributed by atoms with E-state index in [0.717, 1.165) is 0 Å². The maximum absolute atomic E-state index is 2.74. The van der Waals surface area contributed by atoms with Gasteiger partial charge in [0.1, 0.15) is 0 Å². The van der Waals surface area contributed by atoms with Gasteiger partial charge in [-0.2, -0.15) is 0 Å². The minimum atomic E-state index is -1.23. The molecule has 0 amide bonds. The molecule has 0 fully saturated rings. The molecule has 0 unspecified atom stereocenters. The van der Waals surface area contributed by atoms with Crippen LogP contribution in [0.5, 0.6) is 0 Å². The van der Waals surface area contributed by atoms with Gasteiger partial charge in [-0.3, -0.25) is 0 Å². The van der Waals surface area contributed by atoms with Crippen molar-refractivity contribution in [3.8, 4) is 0 Å². The van der Waals surface area contributed by atoms with Crippen LogP contribution in [0.3, 0.4) is 0 Å². The molecule has 3 aromatic carbocycles. The highest BCUT2D eigenvalue weighted by molar-refractivity contribution is 6.78. The third-order valence-electron chi connectivity index (χ3n) is 4.39. The van der Waals surface area contributed by atoms with Gasteiger partial charge in [0.15, 0.2) is 0 Å². The first-order chi connectivity index (χ1) is 11.6. The van der Waals surface area contributed by atoms with Crippen LogP contribution in [0.15, 0.2) is 54.6 Å². The Morgan fingerprint density at radius 3 is 1.44 bits per heavy atom. The van der Waals surface area contributed by atoms with Crippen molar-refractivity contribution < 1.29 is 0 Å². The van der Waals surface area contributed by atoms with E-state index in [4.69, 9.17) is 0 Å². The summed E-state index contributed by atoms with van der Waals surface area (Å²) in [5, 5.41) is 5.51. The highest BCUT2D eigenvalue weighted by Crippen LogP contribution is 2.36. The predicted molar refractivity (Wildman–Crippen MR) is 120 cm³/mol. The number of fused-ring (bicyclic) bond motifs is 2. The number of hydrogen-bond donors (Lipinski definition) is 0. The van der Waals surface area contributed by atoms with E-state index in [2.05, 4.69) is 98.8 Å². The van der Waals surface area contributed by atoms with E-state index in [9.17, 15) is 0 Å². The fourth-order valence-corrected chi connectivity index (χ4v) is 6.74. The fourth-order valence-electron chi connectivity index (χ4n) is 3.69. The third kappa shape index (κ3) is 4.34. The molecule has 1 nitrogen and oxygen atoms in total. The van der Waals surface area contributed by atoms with Gasteiger partial charge < -0.3 is 4.90 Å². The van der Waals surface area contributed by atoms with Crippen molar-refractivity contribution in [3.05, 3.63) is 54.6 Å². The van der Waals surface area contributed by atoms with Crippen LogP contribution in [0.25, 0.3) is 21.5 Å². The minimum absolute atomic E-state index is 1.22. The van der Waals surface area contributed by atoms with Gasteiger partial charge in [-0.25, -0.2) is 0 Å². The molecule has 0 aliphatic heterocycles. The molecule has 0 saturated heterocycles. The summed E-state index contributed by atoms with van der Waals surface area (Å²) in [4.78, 5) is 2.74. The maximum atomic E-state index is 2.74. The molecule has 0 radical (unpaired) electrons. The Balaban J connectivity index is 2.30. The van der Waals surface area contributed by atoms with Crippen LogP contribution in [-0.4, -0.2) is 28.5 Å². The Kier molecular flexibility index (Phi) is 4.82. The Bertz CT molecular complexity index is 818. The van der Waals surface area contributed by atoms with E-state index < -0.39 is 16.1 Å². The molecule has 132 valence electrons. The lowest BCUT2D eigenvalue weighted by Gasteiger charge is -2.36. The van der Waals surface area contributed by atoms with Crippen LogP contribution in [0.1, 0.15) is 0 Å². The van der Waals surface area contributed by atoms with Crippen LogP contribution < -0.4 is 4.90 Å². The second-order valence-corrected chi connectivity index (χ2v) is 20.5. The lowest BCUT2D eigenvalue weighted by Crippen LogP contribution is -2.47. The predicted octanol–water partition coefficient (Wildman–Crippen LogP) is 6.55. The Morgan fingerprint density at radius 2 is 1.04 bits per heavy atom. The molecule has 0 aliphatic rings. The molecule has 0 aromatic heterocycles. The molecule has 3 aromatic rings. The van der Waals surface area contributed by atoms with Gasteiger partial charge in [-0.1, -0.05) is 87.8 Å². The lowest BCUT2D eigenvalue weighted by molar-refractivity contribution is 1.01. The number of nitrogens with zero attached hydrogens (tertiary/aromatic N) is 1. The summed E-state index contributed by atoms with van der Waals surface area (Å²) in [6.07, 6.45) is 2.44. The summed E-state index contributed by atoms with van der Waals surface area (Å²) in [5.41, 5.74) is 1.46. The Labute approximate surface area is 154 Å². The highest BCUT2D eigenvalue weighted by atomic mass is 28.3. The first kappa shape index (κ1) is 18.2. The standard InChI is InChI=1S/C22H31NSi2/c1-24(2,3)16-23(17-25(4,5)6)22-20-13-9-7-11-18(20)15-19-12-8-10-14-21(19)22/h7-15H,16-17H2,1-6H3. The smallest absolute Gasteiger partial charge is 0.0665 e. The van der Waals surface area contributed by atoms with E-state index in [1.165, 1.54) is 39.6 Å². The first-order valence-corrected chi connectivity index (χ1v) is 16.7. The van der Waals surface area contributed by atoms with Gasteiger partial charge in [0.2, 0.25) is 0 Å². The Hall–Kier alpha value is -1.59. The average Bonchev–Trinajstić information content (AvgIpc) is 2.49. The second-order valence-electron chi connectivity index (χ2n) is 9.64. The quantitative estimate of drug-likeness (QED) is 0.366. The van der Waals surface area contributed by atoms with Crippen LogP contribution in [0.2, 0.25) is 39.3 Å². The van der Waals surface area contributed by atoms with Crippen molar-refractivity contribution in [1.29, 1.82) is 0 Å². The molecule has 0 bridgehead atoms. The topological polar surface area (TPSA) is 3.24 Å². The molecule has 0 heterocycles. The van der Waals surface area contributed by atoms with E-state index in [1.54, 1.807) is 0 Å². The van der Waals surface area contributed by atoms with Gasteiger partial charge in [0, 0.05) is 23.1 Å². The summed E-state index contributed by atoms with van der Waals surface area (Å²) in [6, 6.07) is 20.1. The van der Waals surface area contributed by atoms with Crippen molar-refractivity contribution in [1.82, 2.24) is 0 Å². The summed E-state index contributed by atoms with van der Waals surface area (Å²) < 4.78 is 0. The number of benzene rings is 3. The Morgan fingerprint density at radius 1 is 0.640 bits per heavy atom. The monoisotopic (exact) mass is 365 g/mol. The van der Waals surface area contributed by atoms with Crippen molar-refractivity contribution in [2.45, 2.75) is 39.3 Å². The van der Waals surface area contributed by atoms with Crippen molar-refractivity contribution >= 4 is 43.4 Å². The fraction of sp³-hybridized carbons (Fsp3) is 0.364. The van der Waals surface area contributed by atoms with Crippen LogP contribution in [0, 0.1) is 0 Å². The molecule has 0 spiro atoms. The first-order valence-electron chi connectivity index (χ1n) is 9.30. The zero-order chi connectivity index (χ0) is 18.2. The molecule has 0 saturated carbocycles. The van der Waals surface area contributed by atoms with Gasteiger partial charge in [-0.15, -0.1) is 0 Å².